The lowest BCUT2D eigenvalue weighted by Crippen LogP contribution is -2.38. The second-order valence-electron chi connectivity index (χ2n) is 6.42. The zero-order valence-electron chi connectivity index (χ0n) is 13.7. The number of pyridine rings is 1. The molecule has 3 heterocycles. The molecule has 0 spiro atoms. The molecule has 1 aliphatic rings. The SMILES string of the molecule is Clc1ccc2c(NC3CCN(Cc4ccc(Br)o4)CC3)ccnc2c1. The Bertz CT molecular complexity index is 874. The van der Waals surface area contributed by atoms with Crippen molar-refractivity contribution in [1.29, 1.82) is 0 Å². The molecule has 0 bridgehead atoms. The minimum atomic E-state index is 0.473. The number of piperidine rings is 1. The van der Waals surface area contributed by atoms with E-state index in [9.17, 15) is 0 Å². The van der Waals surface area contributed by atoms with Gasteiger partial charge in [-0.1, -0.05) is 11.6 Å². The van der Waals surface area contributed by atoms with Gasteiger partial charge in [-0.3, -0.25) is 9.88 Å². The number of nitrogens with one attached hydrogen (secondary N) is 1. The molecule has 4 nitrogen and oxygen atoms in total. The summed E-state index contributed by atoms with van der Waals surface area (Å²) in [6, 6.07) is 12.4. The third-order valence-corrected chi connectivity index (χ3v) is 5.32. The van der Waals surface area contributed by atoms with Crippen LogP contribution in [0.3, 0.4) is 0 Å². The minimum absolute atomic E-state index is 0.473. The smallest absolute Gasteiger partial charge is 0.169 e. The highest BCUT2D eigenvalue weighted by molar-refractivity contribution is 9.10. The highest BCUT2D eigenvalue weighted by atomic mass is 79.9. The van der Waals surface area contributed by atoms with E-state index in [1.54, 1.807) is 0 Å². The second kappa shape index (κ2) is 7.36. The molecule has 2 aromatic heterocycles. The lowest BCUT2D eigenvalue weighted by molar-refractivity contribution is 0.196. The Labute approximate surface area is 160 Å². The number of hydrogen-bond donors (Lipinski definition) is 1. The van der Waals surface area contributed by atoms with Crippen LogP contribution in [0, 0.1) is 0 Å². The van der Waals surface area contributed by atoms with Crippen LogP contribution in [0.1, 0.15) is 18.6 Å². The number of hydrogen-bond acceptors (Lipinski definition) is 4. The Hall–Kier alpha value is -1.56. The normalized spacial score (nSPS) is 16.4. The monoisotopic (exact) mass is 419 g/mol. The van der Waals surface area contributed by atoms with E-state index in [0.717, 1.165) is 64.5 Å². The molecule has 1 N–H and O–H groups in total. The average Bonchev–Trinajstić information content (AvgIpc) is 3.01. The molecule has 0 saturated carbocycles. The van der Waals surface area contributed by atoms with Crippen molar-refractivity contribution in [1.82, 2.24) is 9.88 Å². The first-order valence-corrected chi connectivity index (χ1v) is 9.62. The quantitative estimate of drug-likeness (QED) is 0.620. The van der Waals surface area contributed by atoms with Gasteiger partial charge in [0.05, 0.1) is 12.1 Å². The van der Waals surface area contributed by atoms with Gasteiger partial charge in [-0.15, -0.1) is 0 Å². The third-order valence-electron chi connectivity index (χ3n) is 4.66. The molecule has 0 radical (unpaired) electrons. The number of benzene rings is 1. The molecule has 25 heavy (non-hydrogen) atoms. The predicted octanol–water partition coefficient (Wildman–Crippen LogP) is 5.32. The molecule has 1 fully saturated rings. The van der Waals surface area contributed by atoms with Crippen LogP contribution in [0.4, 0.5) is 5.69 Å². The van der Waals surface area contributed by atoms with E-state index in [0.29, 0.717) is 6.04 Å². The molecule has 3 aromatic rings. The van der Waals surface area contributed by atoms with E-state index < -0.39 is 0 Å². The van der Waals surface area contributed by atoms with Gasteiger partial charge in [0.2, 0.25) is 0 Å². The molecule has 1 aromatic carbocycles. The molecule has 0 atom stereocenters. The van der Waals surface area contributed by atoms with Crippen molar-refractivity contribution in [3.05, 3.63) is 58.0 Å². The van der Waals surface area contributed by atoms with Crippen LogP contribution in [0.2, 0.25) is 5.02 Å². The van der Waals surface area contributed by atoms with Crippen molar-refractivity contribution in [2.45, 2.75) is 25.4 Å². The van der Waals surface area contributed by atoms with Crippen LogP contribution in [0.5, 0.6) is 0 Å². The van der Waals surface area contributed by atoms with E-state index in [1.807, 2.05) is 42.6 Å². The van der Waals surface area contributed by atoms with Crippen LogP contribution in [0.25, 0.3) is 10.9 Å². The van der Waals surface area contributed by atoms with Gasteiger partial charge >= 0.3 is 0 Å². The zero-order chi connectivity index (χ0) is 17.2. The van der Waals surface area contributed by atoms with Gasteiger partial charge in [0.1, 0.15) is 5.76 Å². The Kier molecular flexibility index (Phi) is 4.97. The Morgan fingerprint density at radius 3 is 2.80 bits per heavy atom. The molecule has 1 aliphatic heterocycles. The van der Waals surface area contributed by atoms with Crippen LogP contribution >= 0.6 is 27.5 Å². The van der Waals surface area contributed by atoms with Gasteiger partial charge in [0.25, 0.3) is 0 Å². The minimum Gasteiger partial charge on any atom is -0.453 e. The molecular weight excluding hydrogens is 402 g/mol. The summed E-state index contributed by atoms with van der Waals surface area (Å²) in [6.07, 6.45) is 4.06. The zero-order valence-corrected chi connectivity index (χ0v) is 16.1. The summed E-state index contributed by atoms with van der Waals surface area (Å²) in [7, 11) is 0. The number of fused-ring (bicyclic) bond motifs is 1. The van der Waals surface area contributed by atoms with E-state index >= 15 is 0 Å². The number of halogens is 2. The van der Waals surface area contributed by atoms with Gasteiger partial charge in [-0.05, 0) is 65.2 Å². The first-order chi connectivity index (χ1) is 12.2. The Morgan fingerprint density at radius 2 is 2.04 bits per heavy atom. The molecule has 0 unspecified atom stereocenters. The van der Waals surface area contributed by atoms with Crippen molar-refractivity contribution in [3.8, 4) is 0 Å². The van der Waals surface area contributed by atoms with Crippen molar-refractivity contribution in [2.24, 2.45) is 0 Å². The van der Waals surface area contributed by atoms with E-state index in [2.05, 4.69) is 31.1 Å². The second-order valence-corrected chi connectivity index (χ2v) is 7.64. The maximum Gasteiger partial charge on any atom is 0.169 e. The number of nitrogens with zero attached hydrogens (tertiary/aromatic N) is 2. The Morgan fingerprint density at radius 1 is 1.20 bits per heavy atom. The summed E-state index contributed by atoms with van der Waals surface area (Å²) in [6.45, 7) is 2.99. The maximum absolute atomic E-state index is 6.07. The van der Waals surface area contributed by atoms with Crippen LogP contribution in [0.15, 0.2) is 51.7 Å². The molecular formula is C19H19BrClN3O. The molecule has 0 aliphatic carbocycles. The number of rotatable bonds is 4. The van der Waals surface area contributed by atoms with E-state index in [1.165, 1.54) is 0 Å². The number of furan rings is 1. The Balaban J connectivity index is 1.39. The van der Waals surface area contributed by atoms with Crippen LogP contribution < -0.4 is 5.32 Å². The van der Waals surface area contributed by atoms with Gasteiger partial charge < -0.3 is 9.73 Å². The highest BCUT2D eigenvalue weighted by Crippen LogP contribution is 2.27. The van der Waals surface area contributed by atoms with Crippen LogP contribution in [-0.2, 0) is 6.54 Å². The largest absolute Gasteiger partial charge is 0.453 e. The summed E-state index contributed by atoms with van der Waals surface area (Å²) >= 11 is 9.43. The van der Waals surface area contributed by atoms with Crippen molar-refractivity contribution < 1.29 is 4.42 Å². The number of aromatic nitrogens is 1. The summed E-state index contributed by atoms with van der Waals surface area (Å²) in [4.78, 5) is 6.85. The summed E-state index contributed by atoms with van der Waals surface area (Å²) < 4.78 is 6.40. The first-order valence-electron chi connectivity index (χ1n) is 8.45. The van der Waals surface area contributed by atoms with Gasteiger partial charge in [0, 0.05) is 41.4 Å². The fourth-order valence-electron chi connectivity index (χ4n) is 3.36. The fourth-order valence-corrected chi connectivity index (χ4v) is 3.87. The molecule has 1 saturated heterocycles. The topological polar surface area (TPSA) is 41.3 Å². The lowest BCUT2D eigenvalue weighted by atomic mass is 10.0. The standard InChI is InChI=1S/C19H19BrClN3O/c20-19-4-2-15(25-19)12-24-9-6-14(7-10-24)23-17-5-8-22-18-11-13(21)1-3-16(17)18/h1-5,8,11,14H,6-7,9-10,12H2,(H,22,23). The van der Waals surface area contributed by atoms with Crippen molar-refractivity contribution >= 4 is 44.1 Å². The summed E-state index contributed by atoms with van der Waals surface area (Å²) in [5, 5.41) is 5.53. The molecule has 6 heteroatoms. The van der Waals surface area contributed by atoms with E-state index in [-0.39, 0.29) is 0 Å². The summed E-state index contributed by atoms with van der Waals surface area (Å²) in [5.74, 6) is 1.01. The molecule has 0 amide bonds. The maximum atomic E-state index is 6.07. The molecule has 130 valence electrons. The lowest BCUT2D eigenvalue weighted by Gasteiger charge is -2.32. The predicted molar refractivity (Wildman–Crippen MR) is 105 cm³/mol. The van der Waals surface area contributed by atoms with Gasteiger partial charge in [-0.25, -0.2) is 0 Å². The number of anilines is 1. The number of likely N-dealkylation sites (tertiary alicyclic amines) is 1. The molecule has 4 rings (SSSR count). The fraction of sp³-hybridized carbons (Fsp3) is 0.316. The first kappa shape index (κ1) is 16.9. The van der Waals surface area contributed by atoms with Crippen LogP contribution in [-0.4, -0.2) is 29.0 Å². The average molecular weight is 421 g/mol. The third kappa shape index (κ3) is 4.00. The van der Waals surface area contributed by atoms with Gasteiger partial charge in [-0.2, -0.15) is 0 Å². The van der Waals surface area contributed by atoms with Crippen molar-refractivity contribution in [3.63, 3.8) is 0 Å². The van der Waals surface area contributed by atoms with E-state index in [4.69, 9.17) is 16.0 Å². The highest BCUT2D eigenvalue weighted by Gasteiger charge is 2.20. The van der Waals surface area contributed by atoms with Crippen molar-refractivity contribution in [2.75, 3.05) is 18.4 Å². The van der Waals surface area contributed by atoms with Gasteiger partial charge in [0.15, 0.2) is 4.67 Å². The summed E-state index contributed by atoms with van der Waals surface area (Å²) in [5.41, 5.74) is 2.06.